The van der Waals surface area contributed by atoms with E-state index in [1.807, 2.05) is 6.07 Å². The van der Waals surface area contributed by atoms with Gasteiger partial charge in [0.15, 0.2) is 5.34 Å². The molecule has 0 radical (unpaired) electrons. The highest BCUT2D eigenvalue weighted by molar-refractivity contribution is 7.55. The topological polar surface area (TPSA) is 55.8 Å². The summed E-state index contributed by atoms with van der Waals surface area (Å²) in [6.07, 6.45) is 7.18. The van der Waals surface area contributed by atoms with E-state index in [4.69, 9.17) is 9.05 Å². The number of allylic oxidation sites excluding steroid dienone is 1. The molecule has 3 aliphatic rings. The van der Waals surface area contributed by atoms with Crippen molar-refractivity contribution in [1.82, 2.24) is 0 Å². The van der Waals surface area contributed by atoms with Gasteiger partial charge in [-0.15, -0.1) is 0 Å². The molecule has 1 saturated carbocycles. The van der Waals surface area contributed by atoms with Gasteiger partial charge in [0.05, 0.1) is 0 Å². The van der Waals surface area contributed by atoms with Crippen LogP contribution in [0.5, 0.6) is 0 Å². The Morgan fingerprint density at radius 3 is 2.31 bits per heavy atom. The van der Waals surface area contributed by atoms with Crippen LogP contribution >= 0.6 is 7.60 Å². The standard InChI is InChI=1S/C21H29O4P/c1-24-26(23,25-2)21(22)18-13-8-14-19(21)20(15-9-4-3-5-10-15)17-12-7-6-11-16(17)18/h3-5,9-10,18-20,22H,6-8,11-14H2,1-2H3/t18-,19-,20+,21-/m1/s1. The third-order valence-corrected chi connectivity index (χ3v) is 9.38. The van der Waals surface area contributed by atoms with Crippen LogP contribution < -0.4 is 0 Å². The summed E-state index contributed by atoms with van der Waals surface area (Å²) < 4.78 is 24.4. The number of fused-ring (bicyclic) bond motifs is 3. The highest BCUT2D eigenvalue weighted by Gasteiger charge is 2.65. The minimum atomic E-state index is -3.65. The largest absolute Gasteiger partial charge is 0.377 e. The Hall–Kier alpha value is -0.930. The number of aliphatic hydroxyl groups is 1. The van der Waals surface area contributed by atoms with Crippen molar-refractivity contribution in [3.05, 3.63) is 47.0 Å². The maximum Gasteiger partial charge on any atom is 0.362 e. The molecular weight excluding hydrogens is 347 g/mol. The molecular formula is C21H29O4P. The fraction of sp³-hybridized carbons (Fsp3) is 0.619. The lowest BCUT2D eigenvalue weighted by Crippen LogP contribution is -2.54. The van der Waals surface area contributed by atoms with Crippen LogP contribution in [0, 0.1) is 11.8 Å². The van der Waals surface area contributed by atoms with Crippen LogP contribution in [0.1, 0.15) is 56.4 Å². The second kappa shape index (κ2) is 6.91. The first-order valence-electron chi connectivity index (χ1n) is 9.77. The molecule has 1 aromatic carbocycles. The lowest BCUT2D eigenvalue weighted by atomic mass is 9.57. The molecule has 1 N–H and O–H groups in total. The smallest absolute Gasteiger partial charge is 0.362 e. The van der Waals surface area contributed by atoms with Gasteiger partial charge >= 0.3 is 7.60 Å². The van der Waals surface area contributed by atoms with Crippen molar-refractivity contribution in [2.45, 2.75) is 56.2 Å². The van der Waals surface area contributed by atoms with Gasteiger partial charge in [0, 0.05) is 32.0 Å². The van der Waals surface area contributed by atoms with Crippen molar-refractivity contribution in [2.24, 2.45) is 11.8 Å². The zero-order valence-corrected chi connectivity index (χ0v) is 16.6. The first-order chi connectivity index (χ1) is 12.6. The Kier molecular flexibility index (Phi) is 4.90. The fourth-order valence-electron chi connectivity index (χ4n) is 5.87. The first kappa shape index (κ1) is 18.4. The third kappa shape index (κ3) is 2.50. The van der Waals surface area contributed by atoms with E-state index in [1.165, 1.54) is 37.4 Å². The van der Waals surface area contributed by atoms with Crippen molar-refractivity contribution in [3.63, 3.8) is 0 Å². The highest BCUT2D eigenvalue weighted by Crippen LogP contribution is 2.73. The number of hydrogen-bond donors (Lipinski definition) is 1. The van der Waals surface area contributed by atoms with Crippen molar-refractivity contribution in [2.75, 3.05) is 14.2 Å². The average molecular weight is 376 g/mol. The van der Waals surface area contributed by atoms with Crippen LogP contribution in [0.25, 0.3) is 0 Å². The molecule has 142 valence electrons. The molecule has 4 atom stereocenters. The second-order valence-electron chi connectivity index (χ2n) is 7.88. The summed E-state index contributed by atoms with van der Waals surface area (Å²) in [6.45, 7) is 0. The first-order valence-corrected chi connectivity index (χ1v) is 11.3. The Morgan fingerprint density at radius 1 is 1.00 bits per heavy atom. The molecule has 0 saturated heterocycles. The Bertz CT molecular complexity index is 736. The summed E-state index contributed by atoms with van der Waals surface area (Å²) in [4.78, 5) is 0. The Balaban J connectivity index is 1.94. The summed E-state index contributed by atoms with van der Waals surface area (Å²) in [7, 11) is -0.840. The van der Waals surface area contributed by atoms with E-state index in [0.29, 0.717) is 0 Å². The lowest BCUT2D eigenvalue weighted by molar-refractivity contribution is -0.0529. The molecule has 1 aromatic rings. The van der Waals surface area contributed by atoms with Gasteiger partial charge in [-0.2, -0.15) is 0 Å². The van der Waals surface area contributed by atoms with Gasteiger partial charge in [-0.3, -0.25) is 4.57 Å². The van der Waals surface area contributed by atoms with Gasteiger partial charge in [0.2, 0.25) is 0 Å². The second-order valence-corrected chi connectivity index (χ2v) is 10.3. The van der Waals surface area contributed by atoms with Crippen LogP contribution in [0.15, 0.2) is 41.5 Å². The minimum absolute atomic E-state index is 0.103. The third-order valence-electron chi connectivity index (χ3n) is 6.90. The van der Waals surface area contributed by atoms with Crippen LogP contribution in [0.2, 0.25) is 0 Å². The molecule has 3 aliphatic carbocycles. The molecule has 0 aliphatic heterocycles. The molecule has 5 heteroatoms. The SMILES string of the molecule is COP(=O)(OC)[C@]1(O)[C@@H]2CCC[C@@H]1[C@@H](c1ccccc1)C1=C2CCCC1. The molecule has 0 spiro atoms. The highest BCUT2D eigenvalue weighted by atomic mass is 31.2. The summed E-state index contributed by atoms with van der Waals surface area (Å²) in [5, 5.41) is 10.6. The van der Waals surface area contributed by atoms with E-state index in [9.17, 15) is 9.67 Å². The van der Waals surface area contributed by atoms with Crippen molar-refractivity contribution in [1.29, 1.82) is 0 Å². The normalized spacial score (nSPS) is 34.5. The van der Waals surface area contributed by atoms with E-state index < -0.39 is 12.9 Å². The number of rotatable bonds is 4. The molecule has 0 aromatic heterocycles. The van der Waals surface area contributed by atoms with Crippen LogP contribution in [-0.2, 0) is 13.6 Å². The van der Waals surface area contributed by atoms with Crippen LogP contribution in [-0.4, -0.2) is 24.7 Å². The van der Waals surface area contributed by atoms with Crippen LogP contribution in [0.4, 0.5) is 0 Å². The summed E-state index contributed by atoms with van der Waals surface area (Å²) >= 11 is 0. The van der Waals surface area contributed by atoms with Gasteiger partial charge in [-0.25, -0.2) is 0 Å². The van der Waals surface area contributed by atoms with Gasteiger partial charge in [0.25, 0.3) is 0 Å². The molecule has 4 nitrogen and oxygen atoms in total. The van der Waals surface area contributed by atoms with Crippen molar-refractivity contribution >= 4 is 7.60 Å². The molecule has 4 rings (SSSR count). The Morgan fingerprint density at radius 2 is 1.65 bits per heavy atom. The van der Waals surface area contributed by atoms with E-state index >= 15 is 0 Å². The molecule has 0 heterocycles. The molecule has 0 unspecified atom stereocenters. The summed E-state index contributed by atoms with van der Waals surface area (Å²) in [5.74, 6) is -0.139. The van der Waals surface area contributed by atoms with Gasteiger partial charge in [-0.1, -0.05) is 47.9 Å². The number of hydrogen-bond acceptors (Lipinski definition) is 4. The van der Waals surface area contributed by atoms with E-state index in [0.717, 1.165) is 38.5 Å². The van der Waals surface area contributed by atoms with Crippen molar-refractivity contribution < 1.29 is 18.7 Å². The van der Waals surface area contributed by atoms with Crippen LogP contribution in [0.3, 0.4) is 0 Å². The maximum absolute atomic E-state index is 13.6. The summed E-state index contributed by atoms with van der Waals surface area (Å²) in [5.41, 5.74) is 4.03. The predicted molar refractivity (Wildman–Crippen MR) is 102 cm³/mol. The average Bonchev–Trinajstić information content (AvgIpc) is 2.68. The Labute approximate surface area is 156 Å². The van der Waals surface area contributed by atoms with Gasteiger partial charge < -0.3 is 14.2 Å². The fourth-order valence-corrected chi connectivity index (χ4v) is 7.96. The minimum Gasteiger partial charge on any atom is -0.377 e. The van der Waals surface area contributed by atoms with E-state index in [1.54, 1.807) is 0 Å². The predicted octanol–water partition coefficient (Wildman–Crippen LogP) is 5.25. The monoisotopic (exact) mass is 376 g/mol. The molecule has 1 fully saturated rings. The zero-order chi connectivity index (χ0) is 18.4. The zero-order valence-electron chi connectivity index (χ0n) is 15.7. The van der Waals surface area contributed by atoms with Gasteiger partial charge in [-0.05, 0) is 44.1 Å². The molecule has 26 heavy (non-hydrogen) atoms. The van der Waals surface area contributed by atoms with E-state index in [-0.39, 0.29) is 17.8 Å². The number of benzene rings is 1. The quantitative estimate of drug-likeness (QED) is 0.576. The lowest BCUT2D eigenvalue weighted by Gasteiger charge is -2.56. The van der Waals surface area contributed by atoms with E-state index in [2.05, 4.69) is 24.3 Å². The van der Waals surface area contributed by atoms with Gasteiger partial charge in [0.1, 0.15) is 0 Å². The maximum atomic E-state index is 13.6. The van der Waals surface area contributed by atoms with Crippen molar-refractivity contribution in [3.8, 4) is 0 Å². The summed E-state index contributed by atoms with van der Waals surface area (Å²) in [6, 6.07) is 10.4. The molecule has 2 bridgehead atoms. The molecule has 0 amide bonds.